The van der Waals surface area contributed by atoms with Crippen LogP contribution >= 0.6 is 11.5 Å². The zero-order valence-corrected chi connectivity index (χ0v) is 18.4. The molecular weight excluding hydrogens is 434 g/mol. The summed E-state index contributed by atoms with van der Waals surface area (Å²) in [5.41, 5.74) is 6.56. The molecule has 0 unspecified atom stereocenters. The molecule has 0 bridgehead atoms. The Morgan fingerprint density at radius 2 is 1.82 bits per heavy atom. The van der Waals surface area contributed by atoms with Gasteiger partial charge in [-0.25, -0.2) is 0 Å². The van der Waals surface area contributed by atoms with Crippen LogP contribution in [0.3, 0.4) is 0 Å². The van der Waals surface area contributed by atoms with Crippen LogP contribution < -0.4 is 4.74 Å². The van der Waals surface area contributed by atoms with Crippen molar-refractivity contribution in [3.63, 3.8) is 0 Å². The van der Waals surface area contributed by atoms with Crippen LogP contribution in [0.15, 0.2) is 72.2 Å². The Kier molecular flexibility index (Phi) is 4.84. The van der Waals surface area contributed by atoms with Crippen LogP contribution in [-0.2, 0) is 6.54 Å². The summed E-state index contributed by atoms with van der Waals surface area (Å²) in [6.07, 6.45) is 1.81. The van der Waals surface area contributed by atoms with Gasteiger partial charge in [-0.05, 0) is 53.0 Å². The zero-order chi connectivity index (χ0) is 22.2. The van der Waals surface area contributed by atoms with E-state index in [1.807, 2.05) is 46.8 Å². The molecule has 1 aliphatic heterocycles. The number of aromatic amines is 1. The van der Waals surface area contributed by atoms with Crippen molar-refractivity contribution in [2.24, 2.45) is 0 Å². The van der Waals surface area contributed by atoms with E-state index >= 15 is 0 Å². The molecule has 1 aliphatic rings. The third kappa shape index (κ3) is 3.74. The minimum atomic E-state index is -0.0151. The van der Waals surface area contributed by atoms with Gasteiger partial charge in [-0.15, -0.1) is 5.10 Å². The highest BCUT2D eigenvalue weighted by Crippen LogP contribution is 2.31. The largest absolute Gasteiger partial charge is 0.491 e. The highest BCUT2D eigenvalue weighted by atomic mass is 32.1. The fraction of sp³-hybridized carbons (Fsp3) is 0.120. The van der Waals surface area contributed by atoms with Gasteiger partial charge in [0.2, 0.25) is 0 Å². The molecule has 0 radical (unpaired) electrons. The molecule has 0 saturated heterocycles. The number of carbonyl (C=O) groups is 1. The number of carbonyl (C=O) groups excluding carboxylic acids is 1. The Morgan fingerprint density at radius 3 is 2.67 bits per heavy atom. The number of hydrogen-bond donors (Lipinski definition) is 1. The fourth-order valence-electron chi connectivity index (χ4n) is 4.12. The lowest BCUT2D eigenvalue weighted by atomic mass is 10.0. The average Bonchev–Trinajstić information content (AvgIpc) is 3.51. The lowest BCUT2D eigenvalue weighted by Crippen LogP contribution is -2.32. The monoisotopic (exact) mass is 453 g/mol. The minimum absolute atomic E-state index is 0.0151. The van der Waals surface area contributed by atoms with E-state index in [1.54, 1.807) is 0 Å². The summed E-state index contributed by atoms with van der Waals surface area (Å²) >= 11 is 1.31. The molecule has 1 amide bonds. The second kappa shape index (κ2) is 8.14. The molecule has 3 aromatic carbocycles. The van der Waals surface area contributed by atoms with Crippen LogP contribution in [-0.4, -0.2) is 43.7 Å². The number of amides is 1. The van der Waals surface area contributed by atoms with Gasteiger partial charge in [-0.3, -0.25) is 9.89 Å². The van der Waals surface area contributed by atoms with Crippen molar-refractivity contribution < 1.29 is 9.53 Å². The van der Waals surface area contributed by atoms with E-state index in [0.717, 1.165) is 44.6 Å². The van der Waals surface area contributed by atoms with Gasteiger partial charge in [-0.1, -0.05) is 34.8 Å². The molecule has 0 saturated carbocycles. The van der Waals surface area contributed by atoms with Gasteiger partial charge in [0.25, 0.3) is 5.91 Å². The van der Waals surface area contributed by atoms with Gasteiger partial charge >= 0.3 is 0 Å². The number of aromatic nitrogens is 4. The SMILES string of the molecule is O=C(c1ccc(-c2csnn2)cc1)N1CCOc2ccc(-c3ccc4cn[nH]c4c3)cc2C1. The highest BCUT2D eigenvalue weighted by molar-refractivity contribution is 7.03. The second-order valence-corrected chi connectivity index (χ2v) is 8.55. The van der Waals surface area contributed by atoms with Crippen LogP contribution in [0.5, 0.6) is 5.75 Å². The maximum Gasteiger partial charge on any atom is 0.254 e. The number of nitrogens with zero attached hydrogens (tertiary/aromatic N) is 4. The molecule has 8 heteroatoms. The Labute approximate surface area is 193 Å². The molecule has 3 heterocycles. The third-order valence-corrected chi connectivity index (χ3v) is 6.40. The summed E-state index contributed by atoms with van der Waals surface area (Å²) < 4.78 is 9.86. The predicted octanol–water partition coefficient (Wildman–Crippen LogP) is 4.78. The van der Waals surface area contributed by atoms with E-state index in [1.165, 1.54) is 11.5 Å². The van der Waals surface area contributed by atoms with Gasteiger partial charge in [0.05, 0.1) is 18.3 Å². The van der Waals surface area contributed by atoms with Crippen molar-refractivity contribution in [2.45, 2.75) is 6.54 Å². The van der Waals surface area contributed by atoms with E-state index in [4.69, 9.17) is 4.74 Å². The second-order valence-electron chi connectivity index (χ2n) is 7.94. The molecule has 33 heavy (non-hydrogen) atoms. The summed E-state index contributed by atoms with van der Waals surface area (Å²) in [5, 5.41) is 14.2. The predicted molar refractivity (Wildman–Crippen MR) is 127 cm³/mol. The summed E-state index contributed by atoms with van der Waals surface area (Å²) in [6, 6.07) is 19.9. The van der Waals surface area contributed by atoms with Crippen molar-refractivity contribution in [3.8, 4) is 28.1 Å². The van der Waals surface area contributed by atoms with Crippen LogP contribution in [0.2, 0.25) is 0 Å². The van der Waals surface area contributed by atoms with E-state index in [9.17, 15) is 4.79 Å². The Balaban J connectivity index is 1.27. The lowest BCUT2D eigenvalue weighted by Gasteiger charge is -2.20. The minimum Gasteiger partial charge on any atom is -0.491 e. The molecule has 1 N–H and O–H groups in total. The highest BCUT2D eigenvalue weighted by Gasteiger charge is 2.22. The maximum atomic E-state index is 13.3. The van der Waals surface area contributed by atoms with Gasteiger partial charge in [0, 0.05) is 34.0 Å². The lowest BCUT2D eigenvalue weighted by molar-refractivity contribution is 0.0733. The van der Waals surface area contributed by atoms with Crippen molar-refractivity contribution in [2.75, 3.05) is 13.2 Å². The van der Waals surface area contributed by atoms with Crippen molar-refractivity contribution in [1.29, 1.82) is 0 Å². The quantitative estimate of drug-likeness (QED) is 0.425. The summed E-state index contributed by atoms with van der Waals surface area (Å²) in [5.74, 6) is 0.807. The number of rotatable bonds is 3. The molecule has 0 aliphatic carbocycles. The average molecular weight is 454 g/mol. The first-order valence-corrected chi connectivity index (χ1v) is 11.4. The first-order chi connectivity index (χ1) is 16.2. The number of ether oxygens (including phenoxy) is 1. The summed E-state index contributed by atoms with van der Waals surface area (Å²) in [7, 11) is 0. The molecule has 162 valence electrons. The fourth-order valence-corrected chi connectivity index (χ4v) is 4.59. The van der Waals surface area contributed by atoms with E-state index in [0.29, 0.717) is 25.3 Å². The van der Waals surface area contributed by atoms with E-state index in [2.05, 4.69) is 50.1 Å². The van der Waals surface area contributed by atoms with Crippen LogP contribution in [0.4, 0.5) is 0 Å². The molecule has 0 fully saturated rings. The first-order valence-electron chi connectivity index (χ1n) is 10.6. The smallest absolute Gasteiger partial charge is 0.254 e. The number of H-pyrrole nitrogens is 1. The summed E-state index contributed by atoms with van der Waals surface area (Å²) in [4.78, 5) is 15.1. The van der Waals surface area contributed by atoms with E-state index in [-0.39, 0.29) is 5.91 Å². The number of fused-ring (bicyclic) bond motifs is 2. The van der Waals surface area contributed by atoms with Crippen molar-refractivity contribution in [1.82, 2.24) is 24.7 Å². The summed E-state index contributed by atoms with van der Waals surface area (Å²) in [6.45, 7) is 1.48. The first kappa shape index (κ1) is 19.6. The van der Waals surface area contributed by atoms with Gasteiger partial charge in [0.1, 0.15) is 18.1 Å². The van der Waals surface area contributed by atoms with E-state index < -0.39 is 0 Å². The number of benzene rings is 3. The molecule has 6 rings (SSSR count). The number of hydrogen-bond acceptors (Lipinski definition) is 6. The van der Waals surface area contributed by atoms with Crippen molar-refractivity contribution >= 4 is 28.3 Å². The Morgan fingerprint density at radius 1 is 1.00 bits per heavy atom. The molecule has 5 aromatic rings. The Hall–Kier alpha value is -4.04. The normalized spacial score (nSPS) is 13.4. The van der Waals surface area contributed by atoms with Gasteiger partial charge in [0.15, 0.2) is 0 Å². The molecule has 7 nitrogen and oxygen atoms in total. The molecule has 0 spiro atoms. The van der Waals surface area contributed by atoms with Crippen molar-refractivity contribution in [3.05, 3.63) is 83.4 Å². The van der Waals surface area contributed by atoms with Crippen LogP contribution in [0.25, 0.3) is 33.3 Å². The zero-order valence-electron chi connectivity index (χ0n) is 17.6. The van der Waals surface area contributed by atoms with Crippen LogP contribution in [0.1, 0.15) is 15.9 Å². The molecular formula is C25H19N5O2S. The maximum absolute atomic E-state index is 13.3. The Bertz CT molecular complexity index is 1440. The molecule has 2 aromatic heterocycles. The number of nitrogens with one attached hydrogen (secondary N) is 1. The van der Waals surface area contributed by atoms with Gasteiger partial charge < -0.3 is 9.64 Å². The van der Waals surface area contributed by atoms with Crippen LogP contribution in [0, 0.1) is 0 Å². The third-order valence-electron chi connectivity index (χ3n) is 5.89. The molecule has 0 atom stereocenters. The topological polar surface area (TPSA) is 84.0 Å². The van der Waals surface area contributed by atoms with Gasteiger partial charge in [-0.2, -0.15) is 5.10 Å². The standard InChI is InChI=1S/C25H19N5O2S/c31-25(17-3-1-16(2-4-17)23-15-33-29-28-23)30-9-10-32-24-8-7-18(11-21(24)14-30)19-5-6-20-13-26-27-22(20)12-19/h1-8,11-13,15H,9-10,14H2,(H,26,27).